The quantitative estimate of drug-likeness (QED) is 0.685. The lowest BCUT2D eigenvalue weighted by Crippen LogP contribution is -2.58. The normalized spacial score (nSPS) is 18.1. The Balaban J connectivity index is 1.45. The lowest BCUT2D eigenvalue weighted by Gasteiger charge is -2.53. The second-order valence-corrected chi connectivity index (χ2v) is 8.13. The van der Waals surface area contributed by atoms with Gasteiger partial charge in [0.25, 0.3) is 0 Å². The third kappa shape index (κ3) is 3.69. The number of aromatic nitrogens is 5. The van der Waals surface area contributed by atoms with Gasteiger partial charge in [0.2, 0.25) is 5.91 Å². The summed E-state index contributed by atoms with van der Waals surface area (Å²) in [6.07, 6.45) is 7.59. The van der Waals surface area contributed by atoms with Gasteiger partial charge in [-0.25, -0.2) is 4.98 Å². The summed E-state index contributed by atoms with van der Waals surface area (Å²) in [6.45, 7) is 5.94. The third-order valence-electron chi connectivity index (χ3n) is 5.43. The molecule has 1 unspecified atom stereocenters. The number of likely N-dealkylation sites (tertiary alicyclic amines) is 1. The Morgan fingerprint density at radius 2 is 2.11 bits per heavy atom. The molecule has 28 heavy (non-hydrogen) atoms. The van der Waals surface area contributed by atoms with Gasteiger partial charge in [0, 0.05) is 37.3 Å². The second kappa shape index (κ2) is 7.58. The van der Waals surface area contributed by atoms with Crippen LogP contribution in [0, 0.1) is 5.41 Å². The van der Waals surface area contributed by atoms with Gasteiger partial charge in [0.05, 0.1) is 17.9 Å². The van der Waals surface area contributed by atoms with Crippen molar-refractivity contribution >= 4 is 5.91 Å². The summed E-state index contributed by atoms with van der Waals surface area (Å²) in [4.78, 5) is 19.5. The van der Waals surface area contributed by atoms with Crippen molar-refractivity contribution < 1.29 is 4.79 Å². The highest BCUT2D eigenvalue weighted by Gasteiger charge is 2.50. The van der Waals surface area contributed by atoms with Crippen molar-refractivity contribution in [1.82, 2.24) is 29.9 Å². The summed E-state index contributed by atoms with van der Waals surface area (Å²) in [6, 6.07) is 10.3. The van der Waals surface area contributed by atoms with Gasteiger partial charge < -0.3 is 9.47 Å². The van der Waals surface area contributed by atoms with Crippen LogP contribution in [0.2, 0.25) is 0 Å². The van der Waals surface area contributed by atoms with Gasteiger partial charge in [0.1, 0.15) is 5.82 Å². The van der Waals surface area contributed by atoms with Crippen LogP contribution in [0.4, 0.5) is 0 Å². The predicted octanol–water partition coefficient (Wildman–Crippen LogP) is 2.98. The number of carbonyl (C=O) groups excluding carboxylic acids is 1. The molecule has 1 N–H and O–H groups in total. The van der Waals surface area contributed by atoms with Gasteiger partial charge in [-0.05, 0) is 18.4 Å². The lowest BCUT2D eigenvalue weighted by atomic mass is 9.74. The van der Waals surface area contributed by atoms with E-state index in [9.17, 15) is 4.79 Å². The summed E-state index contributed by atoms with van der Waals surface area (Å²) in [7, 11) is 0. The molecule has 1 amide bonds. The van der Waals surface area contributed by atoms with Gasteiger partial charge >= 0.3 is 0 Å². The number of rotatable bonds is 7. The number of carbonyl (C=O) groups is 1. The number of nitrogens with zero attached hydrogens (tertiary/aromatic N) is 5. The first-order chi connectivity index (χ1) is 13.5. The SMILES string of the molecule is CC1(C)CN(C(=O)CCCc2cn[nH]n2)C1c1nccn1Cc1ccccc1. The van der Waals surface area contributed by atoms with E-state index in [1.54, 1.807) is 6.20 Å². The fraction of sp³-hybridized carbons (Fsp3) is 0.429. The number of imidazole rings is 1. The van der Waals surface area contributed by atoms with Crippen molar-refractivity contribution in [1.29, 1.82) is 0 Å². The summed E-state index contributed by atoms with van der Waals surface area (Å²) in [5.74, 6) is 1.15. The van der Waals surface area contributed by atoms with E-state index in [1.807, 2.05) is 35.5 Å². The van der Waals surface area contributed by atoms with Gasteiger partial charge in [0.15, 0.2) is 0 Å². The van der Waals surface area contributed by atoms with Crippen LogP contribution in [-0.2, 0) is 17.8 Å². The Bertz CT molecular complexity index is 916. The zero-order valence-corrected chi connectivity index (χ0v) is 16.4. The highest BCUT2D eigenvalue weighted by molar-refractivity contribution is 5.78. The monoisotopic (exact) mass is 378 g/mol. The zero-order chi connectivity index (χ0) is 19.6. The molecule has 0 saturated carbocycles. The summed E-state index contributed by atoms with van der Waals surface area (Å²) in [5.41, 5.74) is 2.14. The standard InChI is InChI=1S/C21H26N6O/c1-21(2)15-27(18(28)10-6-9-17-13-23-25-24-17)19(21)20-22-11-12-26(20)14-16-7-4-3-5-8-16/h3-5,7-8,11-13,19H,6,9-10,14-15H2,1-2H3,(H,23,24,25). The number of aromatic amines is 1. The van der Waals surface area contributed by atoms with Crippen molar-refractivity contribution in [3.63, 3.8) is 0 Å². The van der Waals surface area contributed by atoms with Crippen molar-refractivity contribution in [3.8, 4) is 0 Å². The molecule has 3 aromatic rings. The molecule has 1 aromatic carbocycles. The van der Waals surface area contributed by atoms with Gasteiger partial charge in [-0.2, -0.15) is 15.4 Å². The zero-order valence-electron chi connectivity index (χ0n) is 16.4. The van der Waals surface area contributed by atoms with Gasteiger partial charge in [-0.3, -0.25) is 4.79 Å². The molecule has 3 heterocycles. The first-order valence-electron chi connectivity index (χ1n) is 9.74. The van der Waals surface area contributed by atoms with E-state index in [1.165, 1.54) is 5.56 Å². The van der Waals surface area contributed by atoms with E-state index in [-0.39, 0.29) is 17.4 Å². The molecular weight excluding hydrogens is 352 g/mol. The molecule has 1 aliphatic heterocycles. The number of hydrogen-bond donors (Lipinski definition) is 1. The fourth-order valence-corrected chi connectivity index (χ4v) is 4.04. The Morgan fingerprint density at radius 1 is 1.29 bits per heavy atom. The molecule has 0 radical (unpaired) electrons. The number of amides is 1. The van der Waals surface area contributed by atoms with Crippen molar-refractivity contribution in [2.24, 2.45) is 5.41 Å². The summed E-state index contributed by atoms with van der Waals surface area (Å²) >= 11 is 0. The largest absolute Gasteiger partial charge is 0.331 e. The van der Waals surface area contributed by atoms with Crippen LogP contribution in [0.3, 0.4) is 0 Å². The van der Waals surface area contributed by atoms with E-state index in [4.69, 9.17) is 0 Å². The maximum atomic E-state index is 12.9. The van der Waals surface area contributed by atoms with E-state index in [0.29, 0.717) is 6.42 Å². The molecule has 7 heteroatoms. The fourth-order valence-electron chi connectivity index (χ4n) is 4.04. The Morgan fingerprint density at radius 3 is 2.82 bits per heavy atom. The van der Waals surface area contributed by atoms with Gasteiger partial charge in [-0.1, -0.05) is 44.2 Å². The average molecular weight is 378 g/mol. The van der Waals surface area contributed by atoms with Gasteiger partial charge in [-0.15, -0.1) is 0 Å². The molecule has 7 nitrogen and oxygen atoms in total. The van der Waals surface area contributed by atoms with Crippen molar-refractivity contribution in [2.75, 3.05) is 6.54 Å². The second-order valence-electron chi connectivity index (χ2n) is 8.13. The molecular formula is C21H26N6O. The average Bonchev–Trinajstić information content (AvgIpc) is 3.33. The highest BCUT2D eigenvalue weighted by Crippen LogP contribution is 2.48. The predicted molar refractivity (Wildman–Crippen MR) is 105 cm³/mol. The molecule has 146 valence electrons. The molecule has 4 rings (SSSR count). The maximum Gasteiger partial charge on any atom is 0.223 e. The van der Waals surface area contributed by atoms with E-state index < -0.39 is 0 Å². The number of hydrogen-bond acceptors (Lipinski definition) is 4. The van der Waals surface area contributed by atoms with E-state index >= 15 is 0 Å². The maximum absolute atomic E-state index is 12.9. The summed E-state index contributed by atoms with van der Waals surface area (Å²) in [5, 5.41) is 10.5. The van der Waals surface area contributed by atoms with Crippen molar-refractivity contribution in [3.05, 3.63) is 66.0 Å². The van der Waals surface area contributed by atoms with E-state index in [2.05, 4.69) is 50.9 Å². The molecule has 0 bridgehead atoms. The number of H-pyrrole nitrogens is 1. The lowest BCUT2D eigenvalue weighted by molar-refractivity contribution is -0.153. The number of benzene rings is 1. The molecule has 0 spiro atoms. The number of nitrogens with one attached hydrogen (secondary N) is 1. The van der Waals surface area contributed by atoms with Crippen LogP contribution in [0.25, 0.3) is 0 Å². The van der Waals surface area contributed by atoms with Crippen LogP contribution >= 0.6 is 0 Å². The highest BCUT2D eigenvalue weighted by atomic mass is 16.2. The molecule has 2 aromatic heterocycles. The summed E-state index contributed by atoms with van der Waals surface area (Å²) < 4.78 is 2.16. The Hall–Kier alpha value is -2.96. The Labute approximate surface area is 164 Å². The minimum atomic E-state index is 0.00534. The molecule has 1 aliphatic rings. The number of aryl methyl sites for hydroxylation is 1. The first-order valence-corrected chi connectivity index (χ1v) is 9.74. The topological polar surface area (TPSA) is 79.7 Å². The van der Waals surface area contributed by atoms with E-state index in [0.717, 1.165) is 37.4 Å². The Kier molecular flexibility index (Phi) is 4.98. The van der Waals surface area contributed by atoms with Crippen LogP contribution in [-0.4, -0.2) is 42.3 Å². The molecule has 0 aliphatic carbocycles. The third-order valence-corrected chi connectivity index (χ3v) is 5.43. The van der Waals surface area contributed by atoms with Crippen molar-refractivity contribution in [2.45, 2.75) is 45.7 Å². The molecule has 1 saturated heterocycles. The smallest absolute Gasteiger partial charge is 0.223 e. The minimum absolute atomic E-state index is 0.00534. The molecule has 1 fully saturated rings. The van der Waals surface area contributed by atoms with Crippen LogP contribution in [0.15, 0.2) is 48.9 Å². The first kappa shape index (κ1) is 18.4. The van der Waals surface area contributed by atoms with Crippen LogP contribution in [0.1, 0.15) is 49.8 Å². The van der Waals surface area contributed by atoms with Crippen LogP contribution in [0.5, 0.6) is 0 Å². The molecule has 1 atom stereocenters. The van der Waals surface area contributed by atoms with Crippen LogP contribution < -0.4 is 0 Å². The minimum Gasteiger partial charge on any atom is -0.331 e.